The van der Waals surface area contributed by atoms with Gasteiger partial charge in [0, 0.05) is 6.54 Å². The molecule has 0 atom stereocenters. The van der Waals surface area contributed by atoms with Gasteiger partial charge in [0.1, 0.15) is 5.56 Å². The summed E-state index contributed by atoms with van der Waals surface area (Å²) in [4.78, 5) is 22.7. The Balaban J connectivity index is 1.90. The number of benzene rings is 1. The zero-order chi connectivity index (χ0) is 15.2. The Morgan fingerprint density at radius 3 is 2.57 bits per heavy atom. The lowest BCUT2D eigenvalue weighted by Gasteiger charge is -2.21. The van der Waals surface area contributed by atoms with Crippen LogP contribution >= 0.6 is 0 Å². The van der Waals surface area contributed by atoms with Crippen LogP contribution in [0.15, 0.2) is 18.2 Å². The van der Waals surface area contributed by atoms with Crippen LogP contribution in [0.25, 0.3) is 0 Å². The van der Waals surface area contributed by atoms with Crippen molar-refractivity contribution in [3.63, 3.8) is 0 Å². The number of para-hydroxylation sites is 1. The van der Waals surface area contributed by atoms with Gasteiger partial charge in [-0.2, -0.15) is 0 Å². The fraction of sp³-hybridized carbons (Fsp3) is 0.467. The fourth-order valence-corrected chi connectivity index (χ4v) is 2.61. The Morgan fingerprint density at radius 2 is 1.90 bits per heavy atom. The second-order valence-electron chi connectivity index (χ2n) is 5.35. The van der Waals surface area contributed by atoms with E-state index in [0.717, 1.165) is 12.8 Å². The minimum atomic E-state index is -1.24. The van der Waals surface area contributed by atoms with Crippen molar-refractivity contribution >= 4 is 17.7 Å². The van der Waals surface area contributed by atoms with E-state index in [1.54, 1.807) is 0 Å². The number of carbonyl (C=O) groups is 2. The second-order valence-corrected chi connectivity index (χ2v) is 5.35. The van der Waals surface area contributed by atoms with Gasteiger partial charge in [-0.05, 0) is 30.9 Å². The predicted octanol–water partition coefficient (Wildman–Crippen LogP) is 2.79. The number of nitrogens with one attached hydrogen (secondary N) is 2. The molecule has 0 spiro atoms. The zero-order valence-corrected chi connectivity index (χ0v) is 11.8. The summed E-state index contributed by atoms with van der Waals surface area (Å²) in [6, 6.07) is 3.78. The number of aromatic carboxylic acids is 1. The van der Waals surface area contributed by atoms with Gasteiger partial charge in [0.25, 0.3) is 0 Å². The molecule has 114 valence electrons. The summed E-state index contributed by atoms with van der Waals surface area (Å²) in [5.41, 5.74) is -0.142. The van der Waals surface area contributed by atoms with Crippen LogP contribution in [0.2, 0.25) is 0 Å². The van der Waals surface area contributed by atoms with Gasteiger partial charge in [0.05, 0.1) is 5.69 Å². The first-order chi connectivity index (χ1) is 10.1. The highest BCUT2D eigenvalue weighted by atomic mass is 16.4. The first kappa shape index (κ1) is 15.2. The van der Waals surface area contributed by atoms with Gasteiger partial charge in [-0.25, -0.2) is 9.59 Å². The fourth-order valence-electron chi connectivity index (χ4n) is 2.61. The highest BCUT2D eigenvalue weighted by molar-refractivity contribution is 5.97. The smallest absolute Gasteiger partial charge is 0.339 e. The standard InChI is InChI=1S/C15H20N2O4/c18-13-11(14(19)20)7-4-8-12(13)17-15(21)16-9-10-5-2-1-3-6-10/h4,7-8,10,18H,1-3,5-6,9H2,(H,19,20)(H2,16,17,21). The van der Waals surface area contributed by atoms with Gasteiger partial charge in [-0.15, -0.1) is 0 Å². The van der Waals surface area contributed by atoms with Crippen LogP contribution in [-0.2, 0) is 0 Å². The van der Waals surface area contributed by atoms with Gasteiger partial charge in [-0.3, -0.25) is 0 Å². The van der Waals surface area contributed by atoms with E-state index in [2.05, 4.69) is 10.6 Å². The quantitative estimate of drug-likeness (QED) is 0.641. The monoisotopic (exact) mass is 292 g/mol. The third-order valence-corrected chi connectivity index (χ3v) is 3.79. The molecule has 1 aliphatic carbocycles. The number of hydrogen-bond donors (Lipinski definition) is 4. The molecule has 0 aliphatic heterocycles. The first-order valence-corrected chi connectivity index (χ1v) is 7.18. The largest absolute Gasteiger partial charge is 0.505 e. The van der Waals surface area contributed by atoms with Crippen molar-refractivity contribution in [3.05, 3.63) is 23.8 Å². The Hall–Kier alpha value is -2.24. The molecule has 6 nitrogen and oxygen atoms in total. The highest BCUT2D eigenvalue weighted by Crippen LogP contribution is 2.27. The number of aromatic hydroxyl groups is 1. The Labute approximate surface area is 123 Å². The summed E-state index contributed by atoms with van der Waals surface area (Å²) >= 11 is 0. The lowest BCUT2D eigenvalue weighted by molar-refractivity contribution is 0.0693. The van der Waals surface area contributed by atoms with E-state index in [4.69, 9.17) is 5.11 Å². The van der Waals surface area contributed by atoms with E-state index < -0.39 is 17.7 Å². The third-order valence-electron chi connectivity index (χ3n) is 3.79. The predicted molar refractivity (Wildman–Crippen MR) is 78.7 cm³/mol. The van der Waals surface area contributed by atoms with Crippen molar-refractivity contribution in [2.24, 2.45) is 5.92 Å². The average molecular weight is 292 g/mol. The van der Waals surface area contributed by atoms with E-state index in [-0.39, 0.29) is 11.3 Å². The Bertz CT molecular complexity index is 524. The molecule has 1 aliphatic rings. The minimum absolute atomic E-state index is 0.0936. The molecule has 0 aromatic heterocycles. The molecule has 4 N–H and O–H groups in total. The van der Waals surface area contributed by atoms with Crippen LogP contribution in [0.3, 0.4) is 0 Å². The van der Waals surface area contributed by atoms with Gasteiger partial charge in [-0.1, -0.05) is 25.3 Å². The number of anilines is 1. The molecule has 1 fully saturated rings. The van der Waals surface area contributed by atoms with Crippen LogP contribution in [0.5, 0.6) is 5.75 Å². The first-order valence-electron chi connectivity index (χ1n) is 7.18. The number of phenols is 1. The normalized spacial score (nSPS) is 15.4. The summed E-state index contributed by atoms with van der Waals surface area (Å²) in [5, 5.41) is 24.0. The SMILES string of the molecule is O=C(NCC1CCCCC1)Nc1cccc(C(=O)O)c1O. The van der Waals surface area contributed by atoms with Crippen molar-refractivity contribution in [3.8, 4) is 5.75 Å². The molecule has 0 heterocycles. The van der Waals surface area contributed by atoms with Crippen LogP contribution < -0.4 is 10.6 Å². The number of urea groups is 1. The van der Waals surface area contributed by atoms with Crippen LogP contribution in [-0.4, -0.2) is 28.8 Å². The van der Waals surface area contributed by atoms with Crippen molar-refractivity contribution < 1.29 is 19.8 Å². The summed E-state index contributed by atoms with van der Waals surface area (Å²) in [6.07, 6.45) is 5.92. The van der Waals surface area contributed by atoms with E-state index in [1.165, 1.54) is 37.5 Å². The van der Waals surface area contributed by atoms with Crippen molar-refractivity contribution in [1.29, 1.82) is 0 Å². The molecule has 0 radical (unpaired) electrons. The number of amides is 2. The molecule has 1 saturated carbocycles. The maximum absolute atomic E-state index is 11.8. The molecular weight excluding hydrogens is 272 g/mol. The zero-order valence-electron chi connectivity index (χ0n) is 11.8. The molecule has 0 saturated heterocycles. The second kappa shape index (κ2) is 6.97. The average Bonchev–Trinajstić information content (AvgIpc) is 2.48. The molecule has 21 heavy (non-hydrogen) atoms. The summed E-state index contributed by atoms with van der Waals surface area (Å²) < 4.78 is 0. The molecule has 2 rings (SSSR count). The number of rotatable bonds is 4. The van der Waals surface area contributed by atoms with Gasteiger partial charge < -0.3 is 20.8 Å². The van der Waals surface area contributed by atoms with Crippen molar-refractivity contribution in [2.45, 2.75) is 32.1 Å². The molecule has 0 unspecified atom stereocenters. The molecule has 0 bridgehead atoms. The van der Waals surface area contributed by atoms with Gasteiger partial charge in [0.2, 0.25) is 0 Å². The number of carboxylic acid groups (broad SMARTS) is 1. The van der Waals surface area contributed by atoms with Crippen molar-refractivity contribution in [1.82, 2.24) is 5.32 Å². The highest BCUT2D eigenvalue weighted by Gasteiger charge is 2.16. The van der Waals surface area contributed by atoms with E-state index >= 15 is 0 Å². The maximum atomic E-state index is 11.8. The van der Waals surface area contributed by atoms with Crippen LogP contribution in [0.4, 0.5) is 10.5 Å². The molecule has 2 amide bonds. The Kier molecular flexibility index (Phi) is 5.03. The minimum Gasteiger partial charge on any atom is -0.505 e. The van der Waals surface area contributed by atoms with E-state index in [1.807, 2.05) is 0 Å². The molecule has 6 heteroatoms. The van der Waals surface area contributed by atoms with Gasteiger partial charge in [0.15, 0.2) is 5.75 Å². The van der Waals surface area contributed by atoms with Crippen molar-refractivity contribution in [2.75, 3.05) is 11.9 Å². The summed E-state index contributed by atoms with van der Waals surface area (Å²) in [6.45, 7) is 0.602. The summed E-state index contributed by atoms with van der Waals surface area (Å²) in [5.74, 6) is -1.17. The topological polar surface area (TPSA) is 98.7 Å². The number of carboxylic acids is 1. The van der Waals surface area contributed by atoms with E-state index in [0.29, 0.717) is 12.5 Å². The molecule has 1 aromatic carbocycles. The Morgan fingerprint density at radius 1 is 1.19 bits per heavy atom. The van der Waals surface area contributed by atoms with Gasteiger partial charge >= 0.3 is 12.0 Å². The lowest BCUT2D eigenvalue weighted by Crippen LogP contribution is -2.33. The van der Waals surface area contributed by atoms with E-state index in [9.17, 15) is 14.7 Å². The number of hydrogen-bond acceptors (Lipinski definition) is 3. The lowest BCUT2D eigenvalue weighted by atomic mass is 9.89. The van der Waals surface area contributed by atoms with Crippen LogP contribution in [0, 0.1) is 5.92 Å². The molecule has 1 aromatic rings. The number of carbonyl (C=O) groups excluding carboxylic acids is 1. The third kappa shape index (κ3) is 4.11. The maximum Gasteiger partial charge on any atom is 0.339 e. The van der Waals surface area contributed by atoms with Crippen LogP contribution in [0.1, 0.15) is 42.5 Å². The molecular formula is C15H20N2O4. The summed E-state index contributed by atoms with van der Waals surface area (Å²) in [7, 11) is 0.